The Morgan fingerprint density at radius 2 is 2.32 bits per heavy atom. The zero-order chi connectivity index (χ0) is 15.7. The van der Waals surface area contributed by atoms with E-state index in [0.29, 0.717) is 23.7 Å². The SMILES string of the molecule is O=C(N[C@H]1CCS(=O)(=O)C1)c1ccc(Cn2cc(Cl)cn2)o1. The lowest BCUT2D eigenvalue weighted by atomic mass is 10.2. The van der Waals surface area contributed by atoms with Gasteiger partial charge < -0.3 is 9.73 Å². The van der Waals surface area contributed by atoms with Crippen LogP contribution >= 0.6 is 11.6 Å². The molecule has 22 heavy (non-hydrogen) atoms. The second kappa shape index (κ2) is 5.77. The van der Waals surface area contributed by atoms with Crippen LogP contribution in [0.1, 0.15) is 22.7 Å². The van der Waals surface area contributed by atoms with Crippen LogP contribution in [-0.2, 0) is 16.4 Å². The van der Waals surface area contributed by atoms with Crippen LogP contribution in [0.5, 0.6) is 0 Å². The molecule has 3 rings (SSSR count). The lowest BCUT2D eigenvalue weighted by Gasteiger charge is -2.08. The minimum absolute atomic E-state index is 0.0158. The molecule has 0 aliphatic carbocycles. The van der Waals surface area contributed by atoms with Crippen molar-refractivity contribution in [1.29, 1.82) is 0 Å². The summed E-state index contributed by atoms with van der Waals surface area (Å²) in [5, 5.41) is 7.22. The van der Waals surface area contributed by atoms with Crippen LogP contribution in [0.3, 0.4) is 0 Å². The first-order valence-electron chi connectivity index (χ1n) is 6.69. The monoisotopic (exact) mass is 343 g/mol. The first-order chi connectivity index (χ1) is 10.4. The number of carbonyl (C=O) groups is 1. The average Bonchev–Trinajstić information content (AvgIpc) is 3.12. The number of carbonyl (C=O) groups excluding carboxylic acids is 1. The molecular weight excluding hydrogens is 330 g/mol. The number of halogens is 1. The third-order valence-corrected chi connectivity index (χ3v) is 5.34. The maximum atomic E-state index is 12.0. The number of furan rings is 1. The fourth-order valence-electron chi connectivity index (χ4n) is 2.33. The van der Waals surface area contributed by atoms with Crippen molar-refractivity contribution in [3.63, 3.8) is 0 Å². The molecule has 1 amide bonds. The Balaban J connectivity index is 1.62. The molecule has 2 aromatic heterocycles. The van der Waals surface area contributed by atoms with E-state index in [9.17, 15) is 13.2 Å². The van der Waals surface area contributed by atoms with Crippen molar-refractivity contribution in [3.8, 4) is 0 Å². The minimum Gasteiger partial charge on any atom is -0.454 e. The summed E-state index contributed by atoms with van der Waals surface area (Å²) in [5.41, 5.74) is 0. The highest BCUT2D eigenvalue weighted by Crippen LogP contribution is 2.14. The molecule has 1 N–H and O–H groups in total. The van der Waals surface area contributed by atoms with Gasteiger partial charge in [-0.05, 0) is 18.6 Å². The van der Waals surface area contributed by atoms with Gasteiger partial charge in [-0.1, -0.05) is 11.6 Å². The quantitative estimate of drug-likeness (QED) is 0.897. The Morgan fingerprint density at radius 1 is 1.50 bits per heavy atom. The molecule has 1 atom stereocenters. The summed E-state index contributed by atoms with van der Waals surface area (Å²) in [6.07, 6.45) is 3.60. The number of hydrogen-bond donors (Lipinski definition) is 1. The molecular formula is C13H14ClN3O4S. The number of sulfone groups is 1. The fraction of sp³-hybridized carbons (Fsp3) is 0.385. The number of amides is 1. The predicted molar refractivity (Wildman–Crippen MR) is 79.6 cm³/mol. The molecule has 7 nitrogen and oxygen atoms in total. The zero-order valence-corrected chi connectivity index (χ0v) is 13.1. The summed E-state index contributed by atoms with van der Waals surface area (Å²) in [7, 11) is -3.03. The van der Waals surface area contributed by atoms with Gasteiger partial charge in [0.05, 0.1) is 29.3 Å². The number of aromatic nitrogens is 2. The number of hydrogen-bond acceptors (Lipinski definition) is 5. The van der Waals surface area contributed by atoms with Gasteiger partial charge in [-0.25, -0.2) is 8.42 Å². The van der Waals surface area contributed by atoms with Crippen molar-refractivity contribution < 1.29 is 17.6 Å². The summed E-state index contributed by atoms with van der Waals surface area (Å²) in [6.45, 7) is 0.359. The number of rotatable bonds is 4. The molecule has 0 aromatic carbocycles. The first kappa shape index (κ1) is 15.1. The van der Waals surface area contributed by atoms with E-state index in [-0.39, 0.29) is 23.3 Å². The zero-order valence-electron chi connectivity index (χ0n) is 11.5. The van der Waals surface area contributed by atoms with E-state index >= 15 is 0 Å². The lowest BCUT2D eigenvalue weighted by Crippen LogP contribution is -2.35. The normalized spacial score (nSPS) is 20.1. The highest BCUT2D eigenvalue weighted by atomic mass is 35.5. The molecule has 0 spiro atoms. The van der Waals surface area contributed by atoms with Crippen molar-refractivity contribution in [2.75, 3.05) is 11.5 Å². The average molecular weight is 344 g/mol. The van der Waals surface area contributed by atoms with Gasteiger partial charge in [-0.15, -0.1) is 0 Å². The Kier molecular flexibility index (Phi) is 3.96. The Labute approximate surface area is 132 Å². The number of nitrogens with zero attached hydrogens (tertiary/aromatic N) is 2. The summed E-state index contributed by atoms with van der Waals surface area (Å²) in [4.78, 5) is 12.0. The van der Waals surface area contributed by atoms with E-state index in [1.165, 1.54) is 6.20 Å². The summed E-state index contributed by atoms with van der Waals surface area (Å²) in [5.74, 6) is 0.396. The molecule has 2 aromatic rings. The van der Waals surface area contributed by atoms with Crippen LogP contribution in [0.15, 0.2) is 28.9 Å². The van der Waals surface area contributed by atoms with Crippen molar-refractivity contribution >= 4 is 27.3 Å². The molecule has 0 saturated carbocycles. The molecule has 1 aliphatic heterocycles. The molecule has 1 aliphatic rings. The van der Waals surface area contributed by atoms with Gasteiger partial charge >= 0.3 is 0 Å². The molecule has 118 valence electrons. The summed E-state index contributed by atoms with van der Waals surface area (Å²) in [6, 6.07) is 2.88. The van der Waals surface area contributed by atoms with Gasteiger partial charge in [0, 0.05) is 12.2 Å². The van der Waals surface area contributed by atoms with E-state index in [0.717, 1.165) is 0 Å². The molecule has 9 heteroatoms. The molecule has 0 bridgehead atoms. The molecule has 1 fully saturated rings. The van der Waals surface area contributed by atoms with Crippen LogP contribution in [0.4, 0.5) is 0 Å². The van der Waals surface area contributed by atoms with E-state index < -0.39 is 15.7 Å². The Morgan fingerprint density at radius 3 is 2.95 bits per heavy atom. The van der Waals surface area contributed by atoms with Crippen LogP contribution in [0, 0.1) is 0 Å². The molecule has 0 unspecified atom stereocenters. The van der Waals surface area contributed by atoms with Gasteiger partial charge in [0.2, 0.25) is 0 Å². The van der Waals surface area contributed by atoms with Gasteiger partial charge in [0.1, 0.15) is 5.76 Å². The van der Waals surface area contributed by atoms with E-state index in [1.54, 1.807) is 23.0 Å². The first-order valence-corrected chi connectivity index (χ1v) is 8.89. The molecule has 0 radical (unpaired) electrons. The second-order valence-corrected chi connectivity index (χ2v) is 7.86. The lowest BCUT2D eigenvalue weighted by molar-refractivity contribution is 0.0911. The fourth-order valence-corrected chi connectivity index (χ4v) is 4.16. The Bertz CT molecular complexity index is 796. The smallest absolute Gasteiger partial charge is 0.287 e. The van der Waals surface area contributed by atoms with Crippen molar-refractivity contribution in [1.82, 2.24) is 15.1 Å². The predicted octanol–water partition coefficient (Wildman–Crippen LogP) is 1.09. The second-order valence-electron chi connectivity index (χ2n) is 5.20. The van der Waals surface area contributed by atoms with Gasteiger partial charge in [0.25, 0.3) is 5.91 Å². The van der Waals surface area contributed by atoms with Gasteiger partial charge in [-0.2, -0.15) is 5.10 Å². The minimum atomic E-state index is -3.03. The maximum absolute atomic E-state index is 12.0. The van der Waals surface area contributed by atoms with Gasteiger partial charge in [0.15, 0.2) is 15.6 Å². The topological polar surface area (TPSA) is 94.2 Å². The molecule has 3 heterocycles. The van der Waals surface area contributed by atoms with Crippen LogP contribution < -0.4 is 5.32 Å². The van der Waals surface area contributed by atoms with Crippen molar-refractivity contribution in [3.05, 3.63) is 41.1 Å². The largest absolute Gasteiger partial charge is 0.454 e. The van der Waals surface area contributed by atoms with E-state index in [2.05, 4.69) is 10.4 Å². The van der Waals surface area contributed by atoms with Crippen LogP contribution in [0.25, 0.3) is 0 Å². The summed E-state index contributed by atoms with van der Waals surface area (Å²) >= 11 is 5.77. The standard InChI is InChI=1S/C13H14ClN3O4S/c14-9-5-15-17(6-9)7-11-1-2-12(21-11)13(18)16-10-3-4-22(19,20)8-10/h1-2,5-6,10H,3-4,7-8H2,(H,16,18)/t10-/m0/s1. The van der Waals surface area contributed by atoms with Crippen molar-refractivity contribution in [2.24, 2.45) is 0 Å². The summed E-state index contributed by atoms with van der Waals surface area (Å²) < 4.78 is 29.8. The molecule has 1 saturated heterocycles. The maximum Gasteiger partial charge on any atom is 0.287 e. The third kappa shape index (κ3) is 3.50. The Hall–Kier alpha value is -1.80. The van der Waals surface area contributed by atoms with Crippen LogP contribution in [-0.4, -0.2) is 41.7 Å². The third-order valence-electron chi connectivity index (χ3n) is 3.37. The van der Waals surface area contributed by atoms with Crippen molar-refractivity contribution in [2.45, 2.75) is 19.0 Å². The van der Waals surface area contributed by atoms with Gasteiger partial charge in [-0.3, -0.25) is 9.48 Å². The van der Waals surface area contributed by atoms with E-state index in [4.69, 9.17) is 16.0 Å². The highest BCUT2D eigenvalue weighted by Gasteiger charge is 2.29. The highest BCUT2D eigenvalue weighted by molar-refractivity contribution is 7.91. The number of nitrogens with one attached hydrogen (secondary N) is 1. The van der Waals surface area contributed by atoms with Crippen LogP contribution in [0.2, 0.25) is 5.02 Å². The van der Waals surface area contributed by atoms with E-state index in [1.807, 2.05) is 0 Å².